The molecule has 6 unspecified atom stereocenters. The van der Waals surface area contributed by atoms with Crippen molar-refractivity contribution in [3.05, 3.63) is 0 Å². The van der Waals surface area contributed by atoms with Crippen molar-refractivity contribution in [3.63, 3.8) is 0 Å². The molecular formula is C12H17O7S-. The van der Waals surface area contributed by atoms with E-state index in [-0.39, 0.29) is 17.8 Å². The van der Waals surface area contributed by atoms with Gasteiger partial charge in [0, 0.05) is 0 Å². The zero-order valence-corrected chi connectivity index (χ0v) is 11.6. The van der Waals surface area contributed by atoms with E-state index < -0.39 is 34.4 Å². The maximum absolute atomic E-state index is 11.8. The fourth-order valence-electron chi connectivity index (χ4n) is 3.86. The topological polar surface area (TPSA) is 113 Å². The zero-order valence-electron chi connectivity index (χ0n) is 10.8. The van der Waals surface area contributed by atoms with Crippen LogP contribution in [-0.2, 0) is 24.4 Å². The van der Waals surface area contributed by atoms with Crippen LogP contribution in [0.25, 0.3) is 0 Å². The fourth-order valence-corrected chi connectivity index (χ4v) is 4.29. The Morgan fingerprint density at radius 3 is 2.80 bits per heavy atom. The van der Waals surface area contributed by atoms with Gasteiger partial charge in [-0.3, -0.25) is 4.79 Å². The van der Waals surface area contributed by atoms with Gasteiger partial charge < -0.3 is 19.1 Å². The highest BCUT2D eigenvalue weighted by Gasteiger charge is 2.51. The summed E-state index contributed by atoms with van der Waals surface area (Å²) in [6, 6.07) is 0. The maximum Gasteiger partial charge on any atom is 0.309 e. The Morgan fingerprint density at radius 1 is 1.35 bits per heavy atom. The minimum atomic E-state index is -4.55. The number of hydrogen-bond acceptors (Lipinski definition) is 7. The lowest BCUT2D eigenvalue weighted by Gasteiger charge is -2.42. The largest absolute Gasteiger partial charge is 0.748 e. The number of hydrogen-bond donors (Lipinski definition) is 1. The van der Waals surface area contributed by atoms with Crippen LogP contribution in [0.15, 0.2) is 0 Å². The molecule has 0 amide bonds. The van der Waals surface area contributed by atoms with Crippen LogP contribution >= 0.6 is 0 Å². The maximum atomic E-state index is 11.8. The van der Waals surface area contributed by atoms with Crippen molar-refractivity contribution in [2.45, 2.75) is 44.2 Å². The summed E-state index contributed by atoms with van der Waals surface area (Å²) in [5.74, 6) is -0.815. The van der Waals surface area contributed by atoms with Crippen LogP contribution in [-0.4, -0.2) is 48.3 Å². The number of aliphatic hydroxyl groups is 1. The molecule has 7 nitrogen and oxygen atoms in total. The molecule has 20 heavy (non-hydrogen) atoms. The van der Waals surface area contributed by atoms with Crippen molar-refractivity contribution >= 4 is 16.1 Å². The van der Waals surface area contributed by atoms with E-state index >= 15 is 0 Å². The van der Waals surface area contributed by atoms with Crippen LogP contribution in [0.1, 0.15) is 25.7 Å². The number of aliphatic hydroxyl groups excluding tert-OH is 1. The van der Waals surface area contributed by atoms with E-state index in [1.54, 1.807) is 0 Å². The van der Waals surface area contributed by atoms with Crippen molar-refractivity contribution in [1.29, 1.82) is 0 Å². The van der Waals surface area contributed by atoms with E-state index in [0.717, 1.165) is 12.8 Å². The third kappa shape index (κ3) is 2.83. The second kappa shape index (κ2) is 4.94. The second-order valence-electron chi connectivity index (χ2n) is 6.02. The molecule has 4 bridgehead atoms. The minimum Gasteiger partial charge on any atom is -0.748 e. The van der Waals surface area contributed by atoms with Gasteiger partial charge in [-0.25, -0.2) is 8.42 Å². The molecule has 0 aromatic carbocycles. The van der Waals surface area contributed by atoms with E-state index in [1.165, 1.54) is 0 Å². The first-order valence-electron chi connectivity index (χ1n) is 6.79. The first-order valence-corrected chi connectivity index (χ1v) is 8.37. The monoisotopic (exact) mass is 305 g/mol. The molecule has 6 atom stereocenters. The number of carbonyl (C=O) groups is 1. The van der Waals surface area contributed by atoms with E-state index in [1.807, 2.05) is 0 Å². The van der Waals surface area contributed by atoms with Crippen LogP contribution in [0, 0.1) is 17.8 Å². The predicted octanol–water partition coefficient (Wildman–Crippen LogP) is -0.403. The summed E-state index contributed by atoms with van der Waals surface area (Å²) >= 11 is 0. The SMILES string of the molecule is O=C1OC2CC3CC1CC(C3)C2OC(O)CS(=O)(=O)[O-]. The summed E-state index contributed by atoms with van der Waals surface area (Å²) in [6.07, 6.45) is 0.438. The fraction of sp³-hybridized carbons (Fsp3) is 0.917. The quantitative estimate of drug-likeness (QED) is 0.427. The van der Waals surface area contributed by atoms with Gasteiger partial charge in [0.15, 0.2) is 6.29 Å². The molecule has 114 valence electrons. The highest BCUT2D eigenvalue weighted by atomic mass is 32.2. The smallest absolute Gasteiger partial charge is 0.309 e. The van der Waals surface area contributed by atoms with Gasteiger partial charge in [-0.2, -0.15) is 0 Å². The molecule has 4 rings (SSSR count). The van der Waals surface area contributed by atoms with Gasteiger partial charge in [0.25, 0.3) is 0 Å². The van der Waals surface area contributed by atoms with Crippen molar-refractivity contribution < 1.29 is 32.3 Å². The van der Waals surface area contributed by atoms with Crippen LogP contribution in [0.5, 0.6) is 0 Å². The molecule has 8 heteroatoms. The molecule has 2 saturated carbocycles. The van der Waals surface area contributed by atoms with E-state index in [2.05, 4.69) is 0 Å². The average Bonchev–Trinajstić information content (AvgIpc) is 2.45. The molecule has 4 aliphatic rings. The van der Waals surface area contributed by atoms with Gasteiger partial charge in [0.05, 0.1) is 21.8 Å². The van der Waals surface area contributed by atoms with Crippen molar-refractivity contribution in [1.82, 2.24) is 0 Å². The Hall–Kier alpha value is -0.700. The lowest BCUT2D eigenvalue weighted by molar-refractivity contribution is -0.193. The molecule has 2 aliphatic heterocycles. The highest BCUT2D eigenvalue weighted by Crippen LogP contribution is 2.48. The van der Waals surface area contributed by atoms with Gasteiger partial charge >= 0.3 is 5.97 Å². The average molecular weight is 305 g/mol. The third-order valence-corrected chi connectivity index (χ3v) is 5.19. The molecule has 0 radical (unpaired) electrons. The molecule has 4 fully saturated rings. The van der Waals surface area contributed by atoms with Crippen LogP contribution in [0.3, 0.4) is 0 Å². The Kier molecular flexibility index (Phi) is 3.52. The van der Waals surface area contributed by atoms with Crippen molar-refractivity contribution in [3.8, 4) is 0 Å². The summed E-state index contributed by atoms with van der Waals surface area (Å²) in [5, 5.41) is 9.59. The summed E-state index contributed by atoms with van der Waals surface area (Å²) in [4.78, 5) is 11.8. The Bertz CT molecular complexity index is 502. The summed E-state index contributed by atoms with van der Waals surface area (Å²) in [7, 11) is -4.55. The number of fused-ring (bicyclic) bond motifs is 1. The first-order chi connectivity index (χ1) is 9.32. The Balaban J connectivity index is 1.72. The molecule has 2 saturated heterocycles. The molecular weight excluding hydrogens is 288 g/mol. The van der Waals surface area contributed by atoms with E-state index in [9.17, 15) is 22.9 Å². The minimum absolute atomic E-state index is 0.0768. The number of rotatable bonds is 4. The van der Waals surface area contributed by atoms with Crippen molar-refractivity contribution in [2.75, 3.05) is 5.75 Å². The standard InChI is InChI=1S/C12H18O7S/c13-10(5-20(15,16)17)19-11-7-1-6-2-8(4-7)12(14)18-9(11)3-6/h6-11,13H,1-5H2,(H,15,16,17)/p-1. The highest BCUT2D eigenvalue weighted by molar-refractivity contribution is 7.85. The zero-order chi connectivity index (χ0) is 14.5. The van der Waals surface area contributed by atoms with Crippen LogP contribution < -0.4 is 0 Å². The molecule has 2 heterocycles. The van der Waals surface area contributed by atoms with Gasteiger partial charge in [-0.05, 0) is 37.5 Å². The molecule has 1 N–H and O–H groups in total. The van der Waals surface area contributed by atoms with E-state index in [4.69, 9.17) is 9.47 Å². The van der Waals surface area contributed by atoms with Crippen LogP contribution in [0.4, 0.5) is 0 Å². The van der Waals surface area contributed by atoms with E-state index in [0.29, 0.717) is 18.8 Å². The lowest BCUT2D eigenvalue weighted by atomic mass is 9.67. The second-order valence-corrected chi connectivity index (χ2v) is 7.47. The Labute approximate surface area is 117 Å². The predicted molar refractivity (Wildman–Crippen MR) is 64.3 cm³/mol. The van der Waals surface area contributed by atoms with Crippen molar-refractivity contribution in [2.24, 2.45) is 17.8 Å². The summed E-state index contributed by atoms with van der Waals surface area (Å²) in [6.45, 7) is 0. The number of carbonyl (C=O) groups excluding carboxylic acids is 1. The summed E-state index contributed by atoms with van der Waals surface area (Å²) in [5.41, 5.74) is 0. The molecule has 0 spiro atoms. The summed E-state index contributed by atoms with van der Waals surface area (Å²) < 4.78 is 42.6. The molecule has 2 aliphatic carbocycles. The third-order valence-electron chi connectivity index (χ3n) is 4.50. The van der Waals surface area contributed by atoms with Gasteiger partial charge in [0.1, 0.15) is 12.2 Å². The first kappa shape index (κ1) is 14.2. The Morgan fingerprint density at radius 2 is 2.10 bits per heavy atom. The molecule has 0 aromatic heterocycles. The normalized spacial score (nSPS) is 41.3. The molecule has 0 aromatic rings. The van der Waals surface area contributed by atoms with Gasteiger partial charge in [-0.15, -0.1) is 0 Å². The van der Waals surface area contributed by atoms with Crippen LogP contribution in [0.2, 0.25) is 0 Å². The van der Waals surface area contributed by atoms with Gasteiger partial charge in [-0.1, -0.05) is 0 Å². The lowest BCUT2D eigenvalue weighted by Crippen LogP contribution is -2.46. The number of esters is 1. The van der Waals surface area contributed by atoms with Gasteiger partial charge in [0.2, 0.25) is 0 Å². The number of ether oxygens (including phenoxy) is 2.